The molecule has 1 aromatic carbocycles. The van der Waals surface area contributed by atoms with Crippen LogP contribution in [0.1, 0.15) is 38.3 Å². The maximum Gasteiger partial charge on any atom is 0.313 e. The molecule has 1 heterocycles. The fraction of sp³-hybridized carbons (Fsp3) is 0.471. The Labute approximate surface area is 130 Å². The zero-order valence-corrected chi connectivity index (χ0v) is 13.0. The second-order valence-corrected chi connectivity index (χ2v) is 5.48. The Morgan fingerprint density at radius 2 is 2.00 bits per heavy atom. The second-order valence-electron chi connectivity index (χ2n) is 5.48. The van der Waals surface area contributed by atoms with Crippen molar-refractivity contribution in [1.82, 2.24) is 4.90 Å². The topological polar surface area (TPSA) is 63.7 Å². The number of hydrogen-bond donors (Lipinski definition) is 0. The molecule has 0 spiro atoms. The summed E-state index contributed by atoms with van der Waals surface area (Å²) in [4.78, 5) is 37.4. The van der Waals surface area contributed by atoms with Crippen molar-refractivity contribution in [3.63, 3.8) is 0 Å². The third kappa shape index (κ3) is 3.72. The minimum atomic E-state index is -0.519. The Balaban J connectivity index is 1.98. The van der Waals surface area contributed by atoms with E-state index in [1.807, 2.05) is 37.3 Å². The molecule has 1 unspecified atom stereocenters. The lowest BCUT2D eigenvalue weighted by Gasteiger charge is -2.25. The molecule has 0 bridgehead atoms. The van der Waals surface area contributed by atoms with Crippen molar-refractivity contribution in [2.75, 3.05) is 13.2 Å². The van der Waals surface area contributed by atoms with Gasteiger partial charge in [-0.25, -0.2) is 0 Å². The standard InChI is InChI=1S/C17H21NO4/c1-3-22-17(21)10-15(19)14-9-16(20)18(11-14)12(2)13-7-5-4-6-8-13/h4-8,12,14H,3,9-11H2,1-2H3/t12-,14?/m0/s1. The zero-order chi connectivity index (χ0) is 16.1. The van der Waals surface area contributed by atoms with Crippen molar-refractivity contribution in [3.05, 3.63) is 35.9 Å². The normalized spacial score (nSPS) is 19.1. The molecule has 2 rings (SSSR count). The maximum atomic E-state index is 12.2. The quantitative estimate of drug-likeness (QED) is 0.596. The van der Waals surface area contributed by atoms with Gasteiger partial charge in [0.2, 0.25) is 5.91 Å². The lowest BCUT2D eigenvalue weighted by atomic mass is 10.0. The number of ketones is 1. The zero-order valence-electron chi connectivity index (χ0n) is 13.0. The molecule has 118 valence electrons. The number of Topliss-reactive ketones (excluding diaryl/α,β-unsaturated/α-hetero) is 1. The SMILES string of the molecule is CCOC(=O)CC(=O)C1CC(=O)N([C@@H](C)c2ccccc2)C1. The Hall–Kier alpha value is -2.17. The first kappa shape index (κ1) is 16.2. The van der Waals surface area contributed by atoms with E-state index in [4.69, 9.17) is 4.74 Å². The summed E-state index contributed by atoms with van der Waals surface area (Å²) in [5.41, 5.74) is 1.04. The second kappa shape index (κ2) is 7.20. The smallest absolute Gasteiger partial charge is 0.313 e. The van der Waals surface area contributed by atoms with Gasteiger partial charge in [-0.05, 0) is 19.4 Å². The molecular weight excluding hydrogens is 282 g/mol. The van der Waals surface area contributed by atoms with Gasteiger partial charge in [0, 0.05) is 18.9 Å². The number of esters is 1. The molecule has 1 fully saturated rings. The van der Waals surface area contributed by atoms with Gasteiger partial charge in [0.25, 0.3) is 0 Å². The fourth-order valence-corrected chi connectivity index (χ4v) is 2.73. The van der Waals surface area contributed by atoms with Crippen molar-refractivity contribution in [2.24, 2.45) is 5.92 Å². The summed E-state index contributed by atoms with van der Waals surface area (Å²) < 4.78 is 4.78. The van der Waals surface area contributed by atoms with E-state index in [2.05, 4.69) is 0 Å². The van der Waals surface area contributed by atoms with Crippen LogP contribution in [0, 0.1) is 5.92 Å². The molecule has 0 aliphatic carbocycles. The van der Waals surface area contributed by atoms with E-state index >= 15 is 0 Å². The molecule has 1 aliphatic heterocycles. The highest BCUT2D eigenvalue weighted by Crippen LogP contribution is 2.29. The van der Waals surface area contributed by atoms with Crippen LogP contribution in [0.4, 0.5) is 0 Å². The molecule has 1 saturated heterocycles. The van der Waals surface area contributed by atoms with Crippen LogP contribution in [-0.2, 0) is 19.1 Å². The number of rotatable bonds is 6. The number of amides is 1. The van der Waals surface area contributed by atoms with E-state index in [1.54, 1.807) is 11.8 Å². The van der Waals surface area contributed by atoms with E-state index in [1.165, 1.54) is 0 Å². The van der Waals surface area contributed by atoms with Crippen molar-refractivity contribution in [1.29, 1.82) is 0 Å². The summed E-state index contributed by atoms with van der Waals surface area (Å²) in [5.74, 6) is -1.19. The van der Waals surface area contributed by atoms with E-state index in [0.717, 1.165) is 5.56 Å². The average Bonchev–Trinajstić information content (AvgIpc) is 2.89. The predicted octanol–water partition coefficient (Wildman–Crippen LogP) is 2.12. The van der Waals surface area contributed by atoms with E-state index < -0.39 is 11.9 Å². The van der Waals surface area contributed by atoms with Crippen LogP contribution in [-0.4, -0.2) is 35.7 Å². The van der Waals surface area contributed by atoms with Crippen LogP contribution in [0.15, 0.2) is 30.3 Å². The average molecular weight is 303 g/mol. The first-order chi connectivity index (χ1) is 10.5. The molecule has 1 aromatic rings. The van der Waals surface area contributed by atoms with Crippen molar-refractivity contribution in [2.45, 2.75) is 32.7 Å². The van der Waals surface area contributed by atoms with Gasteiger partial charge in [-0.3, -0.25) is 14.4 Å². The number of carbonyl (C=O) groups excluding carboxylic acids is 3. The molecule has 22 heavy (non-hydrogen) atoms. The minimum absolute atomic E-state index is 0.0430. The Bertz CT molecular complexity index is 555. The van der Waals surface area contributed by atoms with Crippen molar-refractivity contribution < 1.29 is 19.1 Å². The van der Waals surface area contributed by atoms with Gasteiger partial charge in [0.1, 0.15) is 12.2 Å². The molecule has 2 atom stereocenters. The maximum absolute atomic E-state index is 12.2. The van der Waals surface area contributed by atoms with Gasteiger partial charge in [-0.2, -0.15) is 0 Å². The summed E-state index contributed by atoms with van der Waals surface area (Å²) in [6.45, 7) is 4.27. The van der Waals surface area contributed by atoms with Crippen LogP contribution in [0.25, 0.3) is 0 Å². The lowest BCUT2D eigenvalue weighted by Crippen LogP contribution is -2.29. The summed E-state index contributed by atoms with van der Waals surface area (Å²) in [5, 5.41) is 0. The van der Waals surface area contributed by atoms with E-state index in [9.17, 15) is 14.4 Å². The first-order valence-electron chi connectivity index (χ1n) is 7.55. The fourth-order valence-electron chi connectivity index (χ4n) is 2.73. The van der Waals surface area contributed by atoms with Crippen LogP contribution < -0.4 is 0 Å². The summed E-state index contributed by atoms with van der Waals surface area (Å²) in [6.07, 6.45) is -0.0746. The van der Waals surface area contributed by atoms with Gasteiger partial charge in [0.15, 0.2) is 0 Å². The lowest BCUT2D eigenvalue weighted by molar-refractivity contribution is -0.146. The highest BCUT2D eigenvalue weighted by molar-refractivity contribution is 5.99. The molecule has 1 aliphatic rings. The molecule has 5 nitrogen and oxygen atoms in total. The molecule has 5 heteroatoms. The third-order valence-corrected chi connectivity index (χ3v) is 3.99. The molecule has 0 radical (unpaired) electrons. The highest BCUT2D eigenvalue weighted by atomic mass is 16.5. The van der Waals surface area contributed by atoms with Gasteiger partial charge in [-0.15, -0.1) is 0 Å². The van der Waals surface area contributed by atoms with Gasteiger partial charge >= 0.3 is 5.97 Å². The number of carbonyl (C=O) groups is 3. The van der Waals surface area contributed by atoms with Crippen LogP contribution in [0.5, 0.6) is 0 Å². The molecule has 0 aromatic heterocycles. The van der Waals surface area contributed by atoms with E-state index in [-0.39, 0.29) is 37.2 Å². The molecule has 0 saturated carbocycles. The monoisotopic (exact) mass is 303 g/mol. The van der Waals surface area contributed by atoms with Gasteiger partial charge in [0.05, 0.1) is 12.6 Å². The first-order valence-corrected chi connectivity index (χ1v) is 7.55. The molecule has 0 N–H and O–H groups in total. The van der Waals surface area contributed by atoms with Gasteiger partial charge in [-0.1, -0.05) is 30.3 Å². The van der Waals surface area contributed by atoms with Crippen LogP contribution in [0.3, 0.4) is 0 Å². The largest absolute Gasteiger partial charge is 0.466 e. The van der Waals surface area contributed by atoms with Gasteiger partial charge < -0.3 is 9.64 Å². The summed E-state index contributed by atoms with van der Waals surface area (Å²) in [6, 6.07) is 9.63. The summed E-state index contributed by atoms with van der Waals surface area (Å²) in [7, 11) is 0. The number of benzene rings is 1. The van der Waals surface area contributed by atoms with E-state index in [0.29, 0.717) is 6.54 Å². The summed E-state index contributed by atoms with van der Waals surface area (Å²) >= 11 is 0. The number of ether oxygens (including phenoxy) is 1. The Morgan fingerprint density at radius 1 is 1.32 bits per heavy atom. The van der Waals surface area contributed by atoms with Crippen molar-refractivity contribution >= 4 is 17.7 Å². The number of likely N-dealkylation sites (tertiary alicyclic amines) is 1. The minimum Gasteiger partial charge on any atom is -0.466 e. The number of nitrogens with zero attached hydrogens (tertiary/aromatic N) is 1. The van der Waals surface area contributed by atoms with Crippen LogP contribution in [0.2, 0.25) is 0 Å². The number of hydrogen-bond acceptors (Lipinski definition) is 4. The Kier molecular flexibility index (Phi) is 5.31. The third-order valence-electron chi connectivity index (χ3n) is 3.99. The van der Waals surface area contributed by atoms with Crippen molar-refractivity contribution in [3.8, 4) is 0 Å². The molecular formula is C17H21NO4. The molecule has 1 amide bonds. The predicted molar refractivity (Wildman–Crippen MR) is 80.9 cm³/mol. The van der Waals surface area contributed by atoms with Crippen LogP contribution >= 0.6 is 0 Å². The highest BCUT2D eigenvalue weighted by Gasteiger charge is 2.37. The Morgan fingerprint density at radius 3 is 2.64 bits per heavy atom.